The number of hydrogen-bond donors (Lipinski definition) is 1. The van der Waals surface area contributed by atoms with Gasteiger partial charge in [0.2, 0.25) is 0 Å². The van der Waals surface area contributed by atoms with E-state index in [0.29, 0.717) is 12.8 Å². The van der Waals surface area contributed by atoms with Crippen LogP contribution < -0.4 is 0 Å². The van der Waals surface area contributed by atoms with Gasteiger partial charge in [-0.25, -0.2) is 13.4 Å². The minimum atomic E-state index is -3.79. The molecule has 0 aliphatic carbocycles. The van der Waals surface area contributed by atoms with Crippen molar-refractivity contribution in [3.05, 3.63) is 22.5 Å². The highest BCUT2D eigenvalue weighted by Crippen LogP contribution is 2.34. The minimum absolute atomic E-state index is 0.173. The van der Waals surface area contributed by atoms with Crippen LogP contribution in [0.25, 0.3) is 10.6 Å². The molecule has 6 nitrogen and oxygen atoms in total. The molecule has 1 fully saturated rings. The number of piperidine rings is 1. The summed E-state index contributed by atoms with van der Waals surface area (Å²) >= 11 is 2.64. The molecule has 124 valence electrons. The molecule has 0 amide bonds. The van der Waals surface area contributed by atoms with Crippen molar-refractivity contribution in [2.75, 3.05) is 6.54 Å². The van der Waals surface area contributed by atoms with Gasteiger partial charge in [-0.3, -0.25) is 4.79 Å². The second-order valence-corrected chi connectivity index (χ2v) is 9.60. The van der Waals surface area contributed by atoms with Crippen LogP contribution in [0.1, 0.15) is 24.3 Å². The highest BCUT2D eigenvalue weighted by molar-refractivity contribution is 7.91. The van der Waals surface area contributed by atoms with Gasteiger partial charge < -0.3 is 5.11 Å². The second-order valence-electron chi connectivity index (χ2n) is 5.34. The summed E-state index contributed by atoms with van der Waals surface area (Å²) < 4.78 is 26.9. The van der Waals surface area contributed by atoms with Gasteiger partial charge in [0, 0.05) is 11.9 Å². The van der Waals surface area contributed by atoms with Crippen LogP contribution in [0, 0.1) is 6.92 Å². The lowest BCUT2D eigenvalue weighted by atomic mass is 10.1. The number of hydrogen-bond acceptors (Lipinski definition) is 6. The van der Waals surface area contributed by atoms with E-state index in [4.69, 9.17) is 0 Å². The van der Waals surface area contributed by atoms with Gasteiger partial charge in [-0.1, -0.05) is 0 Å². The second kappa shape index (κ2) is 6.31. The van der Waals surface area contributed by atoms with Gasteiger partial charge in [0.05, 0.1) is 15.6 Å². The van der Waals surface area contributed by atoms with Gasteiger partial charge in [-0.05, 0) is 38.3 Å². The van der Waals surface area contributed by atoms with Crippen molar-refractivity contribution in [2.45, 2.75) is 36.4 Å². The summed E-state index contributed by atoms with van der Waals surface area (Å²) in [5.41, 5.74) is 0.757. The zero-order chi connectivity index (χ0) is 16.6. The Labute approximate surface area is 142 Å². The Bertz CT molecular complexity index is 825. The fourth-order valence-electron chi connectivity index (χ4n) is 2.63. The zero-order valence-corrected chi connectivity index (χ0v) is 14.9. The van der Waals surface area contributed by atoms with Crippen LogP contribution in [0.3, 0.4) is 0 Å². The Hall–Kier alpha value is -1.29. The van der Waals surface area contributed by atoms with Crippen molar-refractivity contribution >= 4 is 38.7 Å². The van der Waals surface area contributed by atoms with Crippen LogP contribution in [-0.4, -0.2) is 41.4 Å². The molecule has 1 N–H and O–H groups in total. The zero-order valence-electron chi connectivity index (χ0n) is 12.4. The molecule has 9 heteroatoms. The molecule has 1 aliphatic rings. The van der Waals surface area contributed by atoms with Crippen LogP contribution in [0.4, 0.5) is 0 Å². The summed E-state index contributed by atoms with van der Waals surface area (Å²) in [7, 11) is -3.79. The number of aryl methyl sites for hydroxylation is 1. The van der Waals surface area contributed by atoms with Crippen LogP contribution in [0.2, 0.25) is 0 Å². The van der Waals surface area contributed by atoms with Gasteiger partial charge in [0.15, 0.2) is 0 Å². The number of aromatic nitrogens is 1. The first-order valence-electron chi connectivity index (χ1n) is 7.16. The van der Waals surface area contributed by atoms with Gasteiger partial charge in [-0.15, -0.1) is 22.7 Å². The van der Waals surface area contributed by atoms with Crippen LogP contribution in [-0.2, 0) is 14.8 Å². The maximum Gasteiger partial charge on any atom is 0.322 e. The lowest BCUT2D eigenvalue weighted by molar-refractivity contribution is -0.142. The number of carboxylic acid groups (broad SMARTS) is 1. The van der Waals surface area contributed by atoms with Crippen LogP contribution in [0.5, 0.6) is 0 Å². The number of thiophene rings is 1. The molecule has 23 heavy (non-hydrogen) atoms. The maximum atomic E-state index is 12.8. The smallest absolute Gasteiger partial charge is 0.322 e. The van der Waals surface area contributed by atoms with E-state index in [0.717, 1.165) is 37.6 Å². The average molecular weight is 372 g/mol. The van der Waals surface area contributed by atoms with Gasteiger partial charge in [0.1, 0.15) is 10.3 Å². The summed E-state index contributed by atoms with van der Waals surface area (Å²) in [6, 6.07) is 2.30. The third-order valence-corrected chi connectivity index (χ3v) is 8.01. The molecule has 3 rings (SSSR count). The Balaban J connectivity index is 1.93. The quantitative estimate of drug-likeness (QED) is 0.892. The fraction of sp³-hybridized carbons (Fsp3) is 0.429. The molecule has 0 spiro atoms. The molecule has 2 aromatic rings. The van der Waals surface area contributed by atoms with Gasteiger partial charge >= 0.3 is 5.97 Å². The summed E-state index contributed by atoms with van der Waals surface area (Å²) in [5.74, 6) is -1.08. The topological polar surface area (TPSA) is 87.6 Å². The summed E-state index contributed by atoms with van der Waals surface area (Å²) in [6.45, 7) is 2.15. The predicted molar refractivity (Wildman–Crippen MR) is 89.3 cm³/mol. The third-order valence-electron chi connectivity index (χ3n) is 3.75. The van der Waals surface area contributed by atoms with E-state index in [9.17, 15) is 18.3 Å². The third kappa shape index (κ3) is 3.18. The van der Waals surface area contributed by atoms with E-state index < -0.39 is 22.0 Å². The number of carboxylic acids is 1. The van der Waals surface area contributed by atoms with E-state index in [1.165, 1.54) is 17.4 Å². The molecule has 0 radical (unpaired) electrons. The SMILES string of the molecule is Cc1nc(-c2ccc(S(=O)(=O)N3CCCCC3C(=O)O)s2)cs1. The number of nitrogens with zero attached hydrogens (tertiary/aromatic N) is 2. The molecule has 3 heterocycles. The molecule has 2 aromatic heterocycles. The van der Waals surface area contributed by atoms with E-state index >= 15 is 0 Å². The molecule has 0 aromatic carbocycles. The van der Waals surface area contributed by atoms with Crippen LogP contribution >= 0.6 is 22.7 Å². The van der Waals surface area contributed by atoms with E-state index in [1.54, 1.807) is 6.07 Å². The molecule has 1 unspecified atom stereocenters. The lowest BCUT2D eigenvalue weighted by Crippen LogP contribution is -2.47. The summed E-state index contributed by atoms with van der Waals surface area (Å²) in [5, 5.41) is 12.1. The van der Waals surface area contributed by atoms with Crippen LogP contribution in [0.15, 0.2) is 21.7 Å². The number of thiazole rings is 1. The largest absolute Gasteiger partial charge is 0.480 e. The van der Waals surface area contributed by atoms with Crippen molar-refractivity contribution in [1.82, 2.24) is 9.29 Å². The van der Waals surface area contributed by atoms with Crippen molar-refractivity contribution in [1.29, 1.82) is 0 Å². The minimum Gasteiger partial charge on any atom is -0.480 e. The summed E-state index contributed by atoms with van der Waals surface area (Å²) in [4.78, 5) is 16.5. The van der Waals surface area contributed by atoms with E-state index in [-0.39, 0.29) is 10.8 Å². The maximum absolute atomic E-state index is 12.8. The van der Waals surface area contributed by atoms with Crippen molar-refractivity contribution in [2.24, 2.45) is 0 Å². The normalized spacial score (nSPS) is 19.8. The van der Waals surface area contributed by atoms with E-state index in [2.05, 4.69) is 4.98 Å². The molecular formula is C14H16N2O4S3. The lowest BCUT2D eigenvalue weighted by Gasteiger charge is -2.31. The molecule has 1 saturated heterocycles. The Kier molecular flexibility index (Phi) is 4.54. The molecular weight excluding hydrogens is 356 g/mol. The standard InChI is InChI=1S/C14H16N2O4S3/c1-9-15-10(8-21-9)12-5-6-13(22-12)23(19,20)16-7-3-2-4-11(16)14(17)18/h5-6,8,11H,2-4,7H2,1H3,(H,17,18). The Morgan fingerprint density at radius 2 is 2.17 bits per heavy atom. The van der Waals surface area contributed by atoms with Gasteiger partial charge in [0.25, 0.3) is 10.0 Å². The average Bonchev–Trinajstić information content (AvgIpc) is 3.16. The first kappa shape index (κ1) is 16.6. The molecule has 1 atom stereocenters. The van der Waals surface area contributed by atoms with Crippen molar-refractivity contribution < 1.29 is 18.3 Å². The van der Waals surface area contributed by atoms with E-state index in [1.807, 2.05) is 12.3 Å². The van der Waals surface area contributed by atoms with Crippen molar-refractivity contribution in [3.63, 3.8) is 0 Å². The first-order chi connectivity index (χ1) is 10.9. The summed E-state index contributed by atoms with van der Waals surface area (Å²) in [6.07, 6.45) is 1.78. The van der Waals surface area contributed by atoms with Crippen molar-refractivity contribution in [3.8, 4) is 10.6 Å². The van der Waals surface area contributed by atoms with Gasteiger partial charge in [-0.2, -0.15) is 4.31 Å². The highest BCUT2D eigenvalue weighted by atomic mass is 32.2. The number of aliphatic carboxylic acids is 1. The molecule has 0 bridgehead atoms. The Morgan fingerprint density at radius 1 is 1.39 bits per heavy atom. The number of sulfonamides is 1. The highest BCUT2D eigenvalue weighted by Gasteiger charge is 2.38. The fourth-order valence-corrected chi connectivity index (χ4v) is 6.36. The molecule has 0 saturated carbocycles. The number of rotatable bonds is 4. The Morgan fingerprint density at radius 3 is 2.83 bits per heavy atom. The monoisotopic (exact) mass is 372 g/mol. The predicted octanol–water partition coefficient (Wildman–Crippen LogP) is 2.81. The number of carbonyl (C=O) groups is 1. The first-order valence-corrected chi connectivity index (χ1v) is 10.3. The molecule has 1 aliphatic heterocycles.